The summed E-state index contributed by atoms with van der Waals surface area (Å²) in [6.07, 6.45) is 10.3. The maximum atomic E-state index is 13.4. The van der Waals surface area contributed by atoms with Crippen LogP contribution in [0.1, 0.15) is 54.6 Å². The van der Waals surface area contributed by atoms with Gasteiger partial charge in [-0.2, -0.15) is 0 Å². The van der Waals surface area contributed by atoms with E-state index in [9.17, 15) is 33.9 Å². The van der Waals surface area contributed by atoms with Crippen LogP contribution in [-0.2, 0) is 30.5 Å². The van der Waals surface area contributed by atoms with E-state index in [1.807, 2.05) is 0 Å². The minimum absolute atomic E-state index is 0.0787. The Morgan fingerprint density at radius 1 is 1.22 bits per heavy atom. The summed E-state index contributed by atoms with van der Waals surface area (Å²) in [5.74, 6) is -2.53. The van der Waals surface area contributed by atoms with Gasteiger partial charge in [0.1, 0.15) is 24.6 Å². The fourth-order valence-electron chi connectivity index (χ4n) is 8.79. The lowest BCUT2D eigenvalue weighted by atomic mass is 9.22. The third-order valence-electron chi connectivity index (χ3n) is 10.5. The van der Waals surface area contributed by atoms with Gasteiger partial charge in [-0.25, -0.2) is 14.8 Å². The lowest BCUT2D eigenvalue weighted by Crippen LogP contribution is -2.82. The minimum Gasteiger partial charge on any atom is -0.481 e. The SMILES string of the molecule is COC(=O)/C=C/CCC(NC(=O)c1cncnc1C)C(=O)Nc1cccn(CC(=O)NC2C3CC45CC2C4C(C(=O)O)(C3)C5)c1=O. The van der Waals surface area contributed by atoms with E-state index in [4.69, 9.17) is 0 Å². The molecule has 7 aliphatic rings. The standard InChI is InChI=1S/C32H36N6O8/c1-17-20(13-33-16-34-17)27(41)35-21(6-3-4-8-24(40)46-2)28(42)36-22-7-5-9-38(29(22)43)14-23(39)37-25-18-10-31-12-19(25)26(31)32(11-18,15-31)30(44)45/h4-5,7-9,13,16,18-19,21,25-26H,3,6,10-12,14-15H2,1-2H3,(H,35,41)(H,36,42)(H,37,39)(H,44,45)/b8-4+. The first-order chi connectivity index (χ1) is 22.0. The van der Waals surface area contributed by atoms with E-state index in [-0.39, 0.29) is 65.8 Å². The zero-order valence-corrected chi connectivity index (χ0v) is 25.5. The number of aliphatic carboxylic acids is 1. The molecule has 3 amide bonds. The Balaban J connectivity index is 1.11. The van der Waals surface area contributed by atoms with Gasteiger partial charge < -0.3 is 30.4 Å². The van der Waals surface area contributed by atoms with Crippen LogP contribution in [0.2, 0.25) is 0 Å². The van der Waals surface area contributed by atoms with Crippen molar-refractivity contribution in [1.29, 1.82) is 0 Å². The molecule has 2 aromatic rings. The number of amides is 3. The number of carbonyl (C=O) groups is 5. The van der Waals surface area contributed by atoms with Crippen LogP contribution in [0.3, 0.4) is 0 Å². The lowest BCUT2D eigenvalue weighted by molar-refractivity contribution is -0.332. The van der Waals surface area contributed by atoms with Crippen molar-refractivity contribution >= 4 is 35.3 Å². The molecule has 242 valence electrons. The van der Waals surface area contributed by atoms with Crippen LogP contribution in [0.4, 0.5) is 5.69 Å². The summed E-state index contributed by atoms with van der Waals surface area (Å²) in [6.45, 7) is 1.36. The highest BCUT2D eigenvalue weighted by molar-refractivity contribution is 6.01. The van der Waals surface area contributed by atoms with E-state index in [1.165, 1.54) is 54.7 Å². The first kappa shape index (κ1) is 31.1. The number of hydrogen-bond donors (Lipinski definition) is 4. The van der Waals surface area contributed by atoms with Crippen molar-refractivity contribution in [2.45, 2.75) is 64.1 Å². The molecule has 14 heteroatoms. The number of carboxylic acids is 1. The number of aromatic nitrogens is 3. The van der Waals surface area contributed by atoms with Crippen molar-refractivity contribution in [1.82, 2.24) is 25.2 Å². The Kier molecular flexibility index (Phi) is 7.99. The molecule has 2 aromatic heterocycles. The maximum Gasteiger partial charge on any atom is 0.330 e. The Morgan fingerprint density at radius 3 is 2.74 bits per heavy atom. The van der Waals surface area contributed by atoms with Crippen LogP contribution in [0, 0.1) is 35.5 Å². The number of ether oxygens (including phenoxy) is 1. The van der Waals surface area contributed by atoms with Gasteiger partial charge in [0.25, 0.3) is 11.5 Å². The van der Waals surface area contributed by atoms with Crippen molar-refractivity contribution in [3.63, 3.8) is 0 Å². The fourth-order valence-corrected chi connectivity index (χ4v) is 8.79. The highest BCUT2D eigenvalue weighted by Gasteiger charge is 2.82. The highest BCUT2D eigenvalue weighted by Crippen LogP contribution is 2.84. The van der Waals surface area contributed by atoms with Gasteiger partial charge in [-0.05, 0) is 80.8 Å². The second-order valence-electron chi connectivity index (χ2n) is 13.0. The third-order valence-corrected chi connectivity index (χ3v) is 10.5. The largest absolute Gasteiger partial charge is 0.481 e. The molecule has 4 N–H and O–H groups in total. The molecule has 5 bridgehead atoms. The van der Waals surface area contributed by atoms with Gasteiger partial charge >= 0.3 is 11.9 Å². The van der Waals surface area contributed by atoms with E-state index in [0.717, 1.165) is 19.3 Å². The number of aryl methyl sites for hydroxylation is 1. The van der Waals surface area contributed by atoms with Gasteiger partial charge in [0, 0.05) is 24.5 Å². The van der Waals surface area contributed by atoms with E-state index in [2.05, 4.69) is 30.7 Å². The molecule has 7 atom stereocenters. The molecule has 0 aliphatic heterocycles. The molecular formula is C32H36N6O8. The topological polar surface area (TPSA) is 199 Å². The average Bonchev–Trinajstić information content (AvgIpc) is 3.01. The highest BCUT2D eigenvalue weighted by atomic mass is 16.5. The number of hydrogen-bond acceptors (Lipinski definition) is 9. The third kappa shape index (κ3) is 5.24. The number of carbonyl (C=O) groups excluding carboxylic acids is 4. The van der Waals surface area contributed by atoms with Crippen LogP contribution in [-0.4, -0.2) is 68.5 Å². The molecule has 9 rings (SSSR count). The molecule has 1 spiro atoms. The number of anilines is 1. The molecule has 7 aliphatic carbocycles. The summed E-state index contributed by atoms with van der Waals surface area (Å²) in [5, 5.41) is 18.2. The number of allylic oxidation sites excluding steroid dienone is 1. The summed E-state index contributed by atoms with van der Waals surface area (Å²) in [5.41, 5.74) is -0.592. The fraction of sp³-hybridized carbons (Fsp3) is 0.500. The lowest BCUT2D eigenvalue weighted by Gasteiger charge is -2.82. The zero-order chi connectivity index (χ0) is 32.8. The van der Waals surface area contributed by atoms with Gasteiger partial charge in [-0.1, -0.05) is 6.08 Å². The summed E-state index contributed by atoms with van der Waals surface area (Å²) >= 11 is 0. The van der Waals surface area contributed by atoms with Gasteiger partial charge in [-0.15, -0.1) is 0 Å². The number of carboxylic acid groups (broad SMARTS) is 1. The Labute approximate surface area is 264 Å². The van der Waals surface area contributed by atoms with Gasteiger partial charge in [0.2, 0.25) is 11.8 Å². The Hall–Kier alpha value is -4.88. The molecule has 0 saturated heterocycles. The average molecular weight is 633 g/mol. The monoisotopic (exact) mass is 632 g/mol. The number of pyridine rings is 1. The van der Waals surface area contributed by atoms with Crippen molar-refractivity contribution in [3.05, 3.63) is 64.6 Å². The van der Waals surface area contributed by atoms with E-state index >= 15 is 0 Å². The summed E-state index contributed by atoms with van der Waals surface area (Å²) < 4.78 is 5.77. The zero-order valence-electron chi connectivity index (χ0n) is 25.5. The molecule has 0 radical (unpaired) electrons. The van der Waals surface area contributed by atoms with E-state index < -0.39 is 40.8 Å². The number of esters is 1. The second kappa shape index (κ2) is 11.8. The van der Waals surface area contributed by atoms with Crippen molar-refractivity contribution in [3.8, 4) is 0 Å². The summed E-state index contributed by atoms with van der Waals surface area (Å²) in [6, 6.07) is 1.73. The number of rotatable bonds is 12. The normalized spacial score (nSPS) is 28.7. The number of methoxy groups -OCH3 is 1. The number of nitrogens with zero attached hydrogens (tertiary/aromatic N) is 3. The van der Waals surface area contributed by atoms with Crippen LogP contribution in [0.5, 0.6) is 0 Å². The molecule has 7 unspecified atom stereocenters. The molecule has 7 fully saturated rings. The van der Waals surface area contributed by atoms with E-state index in [0.29, 0.717) is 12.1 Å². The van der Waals surface area contributed by atoms with Crippen LogP contribution >= 0.6 is 0 Å². The first-order valence-electron chi connectivity index (χ1n) is 15.3. The Morgan fingerprint density at radius 2 is 2.02 bits per heavy atom. The van der Waals surface area contributed by atoms with Crippen molar-refractivity contribution < 1.29 is 33.8 Å². The predicted octanol–water partition coefficient (Wildman–Crippen LogP) is 1.20. The summed E-state index contributed by atoms with van der Waals surface area (Å²) in [4.78, 5) is 84.2. The van der Waals surface area contributed by atoms with Crippen molar-refractivity contribution in [2.24, 2.45) is 28.6 Å². The Bertz CT molecular complexity index is 1700. The quantitative estimate of drug-likeness (QED) is 0.195. The van der Waals surface area contributed by atoms with E-state index in [1.54, 1.807) is 6.92 Å². The molecule has 2 heterocycles. The van der Waals surface area contributed by atoms with Crippen molar-refractivity contribution in [2.75, 3.05) is 12.4 Å². The van der Waals surface area contributed by atoms with Gasteiger partial charge in [-0.3, -0.25) is 24.0 Å². The second-order valence-corrected chi connectivity index (χ2v) is 13.0. The van der Waals surface area contributed by atoms with Gasteiger partial charge in [0.05, 0.1) is 23.8 Å². The number of nitrogens with one attached hydrogen (secondary N) is 3. The van der Waals surface area contributed by atoms with Crippen LogP contribution < -0.4 is 21.5 Å². The predicted molar refractivity (Wildman–Crippen MR) is 161 cm³/mol. The van der Waals surface area contributed by atoms with Crippen LogP contribution in [0.25, 0.3) is 0 Å². The molecule has 7 saturated carbocycles. The minimum atomic E-state index is -1.10. The molecule has 14 nitrogen and oxygen atoms in total. The van der Waals surface area contributed by atoms with Crippen LogP contribution in [0.15, 0.2) is 47.8 Å². The smallest absolute Gasteiger partial charge is 0.330 e. The molecule has 46 heavy (non-hydrogen) atoms. The summed E-state index contributed by atoms with van der Waals surface area (Å²) in [7, 11) is 1.24. The molecule has 0 aromatic carbocycles. The maximum absolute atomic E-state index is 13.4. The first-order valence-corrected chi connectivity index (χ1v) is 15.3. The molecular weight excluding hydrogens is 596 g/mol. The van der Waals surface area contributed by atoms with Gasteiger partial charge in [0.15, 0.2) is 0 Å².